The number of ether oxygens (including phenoxy) is 1. The number of nitrogens with zero attached hydrogens (tertiary/aromatic N) is 2. The van der Waals surface area contributed by atoms with Gasteiger partial charge in [0.1, 0.15) is 0 Å². The third-order valence-corrected chi connectivity index (χ3v) is 6.57. The quantitative estimate of drug-likeness (QED) is 0.483. The first-order valence-corrected chi connectivity index (χ1v) is 11.8. The highest BCUT2D eigenvalue weighted by Crippen LogP contribution is 2.36. The van der Waals surface area contributed by atoms with E-state index < -0.39 is 0 Å². The predicted molar refractivity (Wildman–Crippen MR) is 127 cm³/mol. The summed E-state index contributed by atoms with van der Waals surface area (Å²) in [4.78, 5) is 8.40. The molecule has 1 aliphatic heterocycles. The highest BCUT2D eigenvalue weighted by Gasteiger charge is 2.31. The highest BCUT2D eigenvalue weighted by molar-refractivity contribution is 7.10. The first kappa shape index (κ1) is 22.8. The van der Waals surface area contributed by atoms with Crippen molar-refractivity contribution in [1.82, 2.24) is 15.5 Å². The third kappa shape index (κ3) is 6.56. The Labute approximate surface area is 185 Å². The van der Waals surface area contributed by atoms with Crippen LogP contribution >= 0.6 is 11.3 Å². The molecule has 2 aromatic rings. The van der Waals surface area contributed by atoms with Crippen LogP contribution in [0.15, 0.2) is 46.8 Å². The molecule has 2 N–H and O–H groups in total. The standard InChI is InChI=1S/C24H36N4OS/c1-18(2)29-17-20-9-5-8-19(14-20)15-26-24(25-3)27-16-21-10-6-12-28(4)23(21)22-11-7-13-30-22/h5,7-9,11,13-14,18,21,23H,6,10,12,15-17H2,1-4H3,(H2,25,26,27). The molecule has 2 heterocycles. The Morgan fingerprint density at radius 1 is 1.23 bits per heavy atom. The summed E-state index contributed by atoms with van der Waals surface area (Å²) in [6.07, 6.45) is 2.74. The van der Waals surface area contributed by atoms with Gasteiger partial charge in [0.05, 0.1) is 12.7 Å². The van der Waals surface area contributed by atoms with Gasteiger partial charge in [0.25, 0.3) is 0 Å². The summed E-state index contributed by atoms with van der Waals surface area (Å²) in [5.74, 6) is 1.44. The molecule has 0 aliphatic carbocycles. The van der Waals surface area contributed by atoms with Crippen molar-refractivity contribution in [2.45, 2.75) is 52.0 Å². The minimum Gasteiger partial charge on any atom is -0.374 e. The van der Waals surface area contributed by atoms with Crippen molar-refractivity contribution >= 4 is 17.3 Å². The minimum atomic E-state index is 0.242. The van der Waals surface area contributed by atoms with E-state index in [1.54, 1.807) is 0 Å². The van der Waals surface area contributed by atoms with Gasteiger partial charge in [-0.1, -0.05) is 30.3 Å². The van der Waals surface area contributed by atoms with Crippen molar-refractivity contribution in [3.8, 4) is 0 Å². The summed E-state index contributed by atoms with van der Waals surface area (Å²) >= 11 is 1.87. The summed E-state index contributed by atoms with van der Waals surface area (Å²) in [6, 6.07) is 13.5. The van der Waals surface area contributed by atoms with Gasteiger partial charge >= 0.3 is 0 Å². The molecule has 0 saturated carbocycles. The number of benzene rings is 1. The van der Waals surface area contributed by atoms with E-state index in [9.17, 15) is 0 Å². The molecule has 0 spiro atoms. The summed E-state index contributed by atoms with van der Waals surface area (Å²) in [5, 5.41) is 9.22. The molecule has 6 heteroatoms. The van der Waals surface area contributed by atoms with Crippen LogP contribution in [0.1, 0.15) is 48.7 Å². The molecular weight excluding hydrogens is 392 g/mol. The second-order valence-corrected chi connectivity index (χ2v) is 9.31. The highest BCUT2D eigenvalue weighted by atomic mass is 32.1. The lowest BCUT2D eigenvalue weighted by Gasteiger charge is -2.39. The largest absolute Gasteiger partial charge is 0.374 e. The Morgan fingerprint density at radius 2 is 2.07 bits per heavy atom. The van der Waals surface area contributed by atoms with E-state index in [0.29, 0.717) is 18.6 Å². The van der Waals surface area contributed by atoms with Crippen molar-refractivity contribution in [1.29, 1.82) is 0 Å². The number of nitrogens with one attached hydrogen (secondary N) is 2. The Hall–Kier alpha value is -1.89. The van der Waals surface area contributed by atoms with Crippen molar-refractivity contribution in [3.05, 3.63) is 57.8 Å². The predicted octanol–water partition coefficient (Wildman–Crippen LogP) is 4.42. The van der Waals surface area contributed by atoms with E-state index in [-0.39, 0.29) is 6.10 Å². The van der Waals surface area contributed by atoms with Crippen LogP contribution in [0, 0.1) is 5.92 Å². The third-order valence-electron chi connectivity index (χ3n) is 5.63. The van der Waals surface area contributed by atoms with Crippen molar-refractivity contribution in [3.63, 3.8) is 0 Å². The number of piperidine rings is 1. The number of guanidine groups is 1. The molecular formula is C24H36N4OS. The molecule has 3 rings (SSSR count). The second kappa shape index (κ2) is 11.5. The van der Waals surface area contributed by atoms with Crippen LogP contribution in [-0.2, 0) is 17.9 Å². The van der Waals surface area contributed by atoms with Crippen LogP contribution in [0.2, 0.25) is 0 Å². The van der Waals surface area contributed by atoms with Gasteiger partial charge in [-0.2, -0.15) is 0 Å². The molecule has 1 fully saturated rings. The molecule has 1 aromatic carbocycles. The topological polar surface area (TPSA) is 48.9 Å². The monoisotopic (exact) mass is 428 g/mol. The summed E-state index contributed by atoms with van der Waals surface area (Å²) < 4.78 is 5.73. The van der Waals surface area contributed by atoms with E-state index in [2.05, 4.69) is 83.2 Å². The molecule has 0 amide bonds. The lowest BCUT2D eigenvalue weighted by Crippen LogP contribution is -2.44. The van der Waals surface area contributed by atoms with Crippen LogP contribution in [0.4, 0.5) is 0 Å². The fourth-order valence-electron chi connectivity index (χ4n) is 4.11. The number of aliphatic imine (C=N–C) groups is 1. The Bertz CT molecular complexity index is 790. The van der Waals surface area contributed by atoms with Crippen LogP contribution in [0.5, 0.6) is 0 Å². The van der Waals surface area contributed by atoms with Crippen LogP contribution < -0.4 is 10.6 Å². The number of thiophene rings is 1. The van der Waals surface area contributed by atoms with Gasteiger partial charge in [-0.25, -0.2) is 0 Å². The van der Waals surface area contributed by atoms with E-state index in [4.69, 9.17) is 4.74 Å². The maximum atomic E-state index is 5.73. The Balaban J connectivity index is 1.53. The molecule has 0 bridgehead atoms. The zero-order valence-electron chi connectivity index (χ0n) is 18.7. The lowest BCUT2D eigenvalue weighted by molar-refractivity contribution is 0.0657. The van der Waals surface area contributed by atoms with Crippen LogP contribution in [0.3, 0.4) is 0 Å². The van der Waals surface area contributed by atoms with Gasteiger partial charge in [-0.3, -0.25) is 9.89 Å². The van der Waals surface area contributed by atoms with E-state index >= 15 is 0 Å². The zero-order chi connectivity index (χ0) is 21.3. The molecule has 5 nitrogen and oxygen atoms in total. The first-order chi connectivity index (χ1) is 14.6. The smallest absolute Gasteiger partial charge is 0.191 e. The van der Waals surface area contributed by atoms with E-state index in [1.807, 2.05) is 18.4 Å². The summed E-state index contributed by atoms with van der Waals surface area (Å²) in [7, 11) is 4.09. The number of hydrogen-bond donors (Lipinski definition) is 2. The van der Waals surface area contributed by atoms with Gasteiger partial charge in [0, 0.05) is 31.1 Å². The van der Waals surface area contributed by atoms with Crippen molar-refractivity contribution < 1.29 is 4.74 Å². The summed E-state index contributed by atoms with van der Waals surface area (Å²) in [5.41, 5.74) is 2.44. The molecule has 2 atom stereocenters. The molecule has 1 aliphatic rings. The van der Waals surface area contributed by atoms with Crippen molar-refractivity contribution in [2.75, 3.05) is 27.2 Å². The van der Waals surface area contributed by atoms with Crippen LogP contribution in [0.25, 0.3) is 0 Å². The number of rotatable bonds is 8. The number of likely N-dealkylation sites (tertiary alicyclic amines) is 1. The SMILES string of the molecule is CN=C(NCc1cccc(COC(C)C)c1)NCC1CCCN(C)C1c1cccs1. The Morgan fingerprint density at radius 3 is 2.80 bits per heavy atom. The molecule has 1 aromatic heterocycles. The van der Waals surface area contributed by atoms with Gasteiger partial charge < -0.3 is 15.4 Å². The zero-order valence-corrected chi connectivity index (χ0v) is 19.5. The summed E-state index contributed by atoms with van der Waals surface area (Å²) in [6.45, 7) is 7.62. The average Bonchev–Trinajstić information content (AvgIpc) is 3.27. The van der Waals surface area contributed by atoms with Gasteiger partial charge in [-0.05, 0) is 68.8 Å². The molecule has 0 radical (unpaired) electrons. The first-order valence-electron chi connectivity index (χ1n) is 10.9. The maximum absolute atomic E-state index is 5.73. The molecule has 30 heavy (non-hydrogen) atoms. The fraction of sp³-hybridized carbons (Fsp3) is 0.542. The van der Waals surface area contributed by atoms with Gasteiger partial charge in [0.15, 0.2) is 5.96 Å². The minimum absolute atomic E-state index is 0.242. The Kier molecular flexibility index (Phi) is 8.73. The van der Waals surface area contributed by atoms with Gasteiger partial charge in [-0.15, -0.1) is 11.3 Å². The number of hydrogen-bond acceptors (Lipinski definition) is 4. The maximum Gasteiger partial charge on any atom is 0.191 e. The second-order valence-electron chi connectivity index (χ2n) is 8.33. The van der Waals surface area contributed by atoms with Gasteiger partial charge in [0.2, 0.25) is 0 Å². The lowest BCUT2D eigenvalue weighted by atomic mass is 9.88. The fourth-order valence-corrected chi connectivity index (χ4v) is 5.09. The average molecular weight is 429 g/mol. The normalized spacial score (nSPS) is 20.5. The molecule has 164 valence electrons. The molecule has 2 unspecified atom stereocenters. The van der Waals surface area contributed by atoms with E-state index in [0.717, 1.165) is 19.0 Å². The molecule has 1 saturated heterocycles. The van der Waals surface area contributed by atoms with Crippen LogP contribution in [-0.4, -0.2) is 44.1 Å². The van der Waals surface area contributed by atoms with E-state index in [1.165, 1.54) is 35.4 Å². The van der Waals surface area contributed by atoms with Crippen molar-refractivity contribution in [2.24, 2.45) is 10.9 Å².